The van der Waals surface area contributed by atoms with E-state index in [1.807, 2.05) is 0 Å². The van der Waals surface area contributed by atoms with Crippen molar-refractivity contribution in [2.75, 3.05) is 26.2 Å². The Bertz CT molecular complexity index is 393. The maximum Gasteiger partial charge on any atom is 0.279 e. The molecule has 0 aliphatic carbocycles. The van der Waals surface area contributed by atoms with Gasteiger partial charge in [0.25, 0.3) is 10.2 Å². The molecule has 0 aromatic rings. The Morgan fingerprint density at radius 2 is 1.75 bits per heavy atom. The van der Waals surface area contributed by atoms with Crippen LogP contribution in [0.15, 0.2) is 0 Å². The Hall–Kier alpha value is -0.170. The Kier molecular flexibility index (Phi) is 5.84. The first-order valence-corrected chi connectivity index (χ1v) is 9.45. The highest BCUT2D eigenvalue weighted by molar-refractivity contribution is 7.87. The molecular weight excluding hydrogens is 274 g/mol. The van der Waals surface area contributed by atoms with E-state index < -0.39 is 10.2 Å². The predicted molar refractivity (Wildman–Crippen MR) is 81.8 cm³/mol. The Balaban J connectivity index is 1.83. The molecule has 2 fully saturated rings. The van der Waals surface area contributed by atoms with Crippen LogP contribution in [0, 0.1) is 0 Å². The maximum atomic E-state index is 12.3. The second-order valence-corrected chi connectivity index (χ2v) is 8.00. The number of nitrogens with one attached hydrogen (secondary N) is 1. The summed E-state index contributed by atoms with van der Waals surface area (Å²) in [7, 11) is -3.28. The van der Waals surface area contributed by atoms with Gasteiger partial charge in [-0.2, -0.15) is 12.7 Å². The molecule has 2 aliphatic heterocycles. The zero-order valence-corrected chi connectivity index (χ0v) is 13.7. The van der Waals surface area contributed by atoms with Gasteiger partial charge in [-0.05, 0) is 46.1 Å². The summed E-state index contributed by atoms with van der Waals surface area (Å²) in [5, 5.41) is 0. The molecule has 0 saturated carbocycles. The molecule has 5 nitrogen and oxygen atoms in total. The molecule has 118 valence electrons. The van der Waals surface area contributed by atoms with Crippen LogP contribution in [0.2, 0.25) is 0 Å². The monoisotopic (exact) mass is 303 g/mol. The van der Waals surface area contributed by atoms with Crippen LogP contribution in [0.5, 0.6) is 0 Å². The van der Waals surface area contributed by atoms with Crippen LogP contribution >= 0.6 is 0 Å². The van der Waals surface area contributed by atoms with Crippen molar-refractivity contribution in [1.29, 1.82) is 0 Å². The second kappa shape index (κ2) is 7.20. The Labute approximate surface area is 123 Å². The van der Waals surface area contributed by atoms with Crippen LogP contribution in [-0.4, -0.2) is 55.9 Å². The van der Waals surface area contributed by atoms with Gasteiger partial charge in [0.15, 0.2) is 0 Å². The third-order valence-electron chi connectivity index (χ3n) is 4.64. The third kappa shape index (κ3) is 4.16. The summed E-state index contributed by atoms with van der Waals surface area (Å²) in [6.07, 6.45) is 6.87. The summed E-state index contributed by atoms with van der Waals surface area (Å²) in [5.74, 6) is 0. The van der Waals surface area contributed by atoms with Gasteiger partial charge in [-0.15, -0.1) is 0 Å². The molecule has 2 atom stereocenters. The molecule has 2 rings (SSSR count). The van der Waals surface area contributed by atoms with Gasteiger partial charge in [0.1, 0.15) is 0 Å². The average molecular weight is 303 g/mol. The fraction of sp³-hybridized carbons (Fsp3) is 1.00. The molecule has 2 saturated heterocycles. The summed E-state index contributed by atoms with van der Waals surface area (Å²) in [5.41, 5.74) is 0. The molecule has 0 amide bonds. The van der Waals surface area contributed by atoms with Crippen molar-refractivity contribution in [2.24, 2.45) is 0 Å². The Morgan fingerprint density at radius 1 is 1.10 bits per heavy atom. The summed E-state index contributed by atoms with van der Waals surface area (Å²) >= 11 is 0. The van der Waals surface area contributed by atoms with Crippen LogP contribution in [0.4, 0.5) is 0 Å². The van der Waals surface area contributed by atoms with E-state index in [1.54, 1.807) is 4.31 Å². The zero-order chi connectivity index (χ0) is 14.6. The van der Waals surface area contributed by atoms with E-state index in [4.69, 9.17) is 0 Å². The maximum absolute atomic E-state index is 12.3. The van der Waals surface area contributed by atoms with Crippen molar-refractivity contribution < 1.29 is 8.42 Å². The first kappa shape index (κ1) is 16.2. The lowest BCUT2D eigenvalue weighted by molar-refractivity contribution is 0.116. The highest BCUT2D eigenvalue weighted by Crippen LogP contribution is 2.19. The summed E-state index contributed by atoms with van der Waals surface area (Å²) in [4.78, 5) is 2.43. The topological polar surface area (TPSA) is 52.7 Å². The zero-order valence-electron chi connectivity index (χ0n) is 12.8. The summed E-state index contributed by atoms with van der Waals surface area (Å²) < 4.78 is 28.9. The third-order valence-corrected chi connectivity index (χ3v) is 6.21. The lowest BCUT2D eigenvalue weighted by atomic mass is 10.0. The van der Waals surface area contributed by atoms with E-state index >= 15 is 0 Å². The van der Waals surface area contributed by atoms with Gasteiger partial charge < -0.3 is 0 Å². The molecule has 20 heavy (non-hydrogen) atoms. The van der Waals surface area contributed by atoms with Gasteiger partial charge in [-0.1, -0.05) is 12.8 Å². The number of hydrogen-bond donors (Lipinski definition) is 1. The number of likely N-dealkylation sites (tertiary alicyclic amines) is 1. The first-order valence-electron chi connectivity index (χ1n) is 8.01. The fourth-order valence-corrected chi connectivity index (χ4v) is 4.69. The summed E-state index contributed by atoms with van der Waals surface area (Å²) in [6, 6.07) is 0.836. The normalized spacial score (nSPS) is 28.4. The first-order chi connectivity index (χ1) is 9.50. The molecule has 0 aromatic heterocycles. The van der Waals surface area contributed by atoms with Gasteiger partial charge in [0, 0.05) is 31.7 Å². The van der Waals surface area contributed by atoms with Crippen molar-refractivity contribution >= 4 is 10.2 Å². The molecule has 0 radical (unpaired) electrons. The van der Waals surface area contributed by atoms with Gasteiger partial charge >= 0.3 is 0 Å². The van der Waals surface area contributed by atoms with E-state index in [-0.39, 0.29) is 6.04 Å². The van der Waals surface area contributed by atoms with Crippen LogP contribution in [0.1, 0.15) is 52.4 Å². The number of piperidine rings is 2. The lowest BCUT2D eigenvalue weighted by Gasteiger charge is -2.38. The molecular formula is C14H29N3O2S. The molecule has 1 N–H and O–H groups in total. The number of hydrogen-bond acceptors (Lipinski definition) is 3. The van der Waals surface area contributed by atoms with Crippen LogP contribution in [0.3, 0.4) is 0 Å². The van der Waals surface area contributed by atoms with Gasteiger partial charge in [0.2, 0.25) is 0 Å². The lowest BCUT2D eigenvalue weighted by Crippen LogP contribution is -2.51. The molecule has 0 bridgehead atoms. The minimum absolute atomic E-state index is 0.268. The van der Waals surface area contributed by atoms with Gasteiger partial charge in [-0.25, -0.2) is 4.72 Å². The highest BCUT2D eigenvalue weighted by atomic mass is 32.2. The smallest absolute Gasteiger partial charge is 0.279 e. The SMILES string of the molecule is C[C@H]1CCCCN1[C@@H](C)CNS(=O)(=O)N1CCCCC1. The van der Waals surface area contributed by atoms with Crippen molar-refractivity contribution in [1.82, 2.24) is 13.9 Å². The molecule has 2 heterocycles. The van der Waals surface area contributed by atoms with Crippen molar-refractivity contribution in [3.8, 4) is 0 Å². The van der Waals surface area contributed by atoms with E-state index in [1.165, 1.54) is 19.3 Å². The van der Waals surface area contributed by atoms with Crippen molar-refractivity contribution in [2.45, 2.75) is 64.5 Å². The minimum atomic E-state index is -3.28. The van der Waals surface area contributed by atoms with E-state index in [2.05, 4.69) is 23.5 Å². The number of nitrogens with zero attached hydrogens (tertiary/aromatic N) is 2. The Morgan fingerprint density at radius 3 is 2.40 bits per heavy atom. The molecule has 0 aromatic carbocycles. The molecule has 6 heteroatoms. The van der Waals surface area contributed by atoms with Gasteiger partial charge in [0.05, 0.1) is 0 Å². The minimum Gasteiger partial charge on any atom is -0.297 e. The molecule has 2 aliphatic rings. The number of rotatable bonds is 5. The largest absolute Gasteiger partial charge is 0.297 e. The van der Waals surface area contributed by atoms with E-state index in [0.717, 1.165) is 25.8 Å². The standard InChI is InChI=1S/C14H29N3O2S/c1-13-8-4-7-11-17(13)14(2)12-15-20(18,19)16-9-5-3-6-10-16/h13-15H,3-12H2,1-2H3/t13-,14-/m0/s1. The molecule has 0 spiro atoms. The van der Waals surface area contributed by atoms with Gasteiger partial charge in [-0.3, -0.25) is 4.90 Å². The quantitative estimate of drug-likeness (QED) is 0.839. The van der Waals surface area contributed by atoms with Crippen molar-refractivity contribution in [3.63, 3.8) is 0 Å². The molecule has 0 unspecified atom stereocenters. The second-order valence-electron chi connectivity index (χ2n) is 6.24. The van der Waals surface area contributed by atoms with Crippen LogP contribution < -0.4 is 4.72 Å². The fourth-order valence-electron chi connectivity index (χ4n) is 3.31. The van der Waals surface area contributed by atoms with E-state index in [9.17, 15) is 8.42 Å². The van der Waals surface area contributed by atoms with Crippen molar-refractivity contribution in [3.05, 3.63) is 0 Å². The van der Waals surface area contributed by atoms with E-state index in [0.29, 0.717) is 25.7 Å². The van der Waals surface area contributed by atoms with Crippen LogP contribution in [0.25, 0.3) is 0 Å². The predicted octanol–water partition coefficient (Wildman–Crippen LogP) is 1.57. The highest BCUT2D eigenvalue weighted by Gasteiger charge is 2.27. The van der Waals surface area contributed by atoms with Crippen LogP contribution in [-0.2, 0) is 10.2 Å². The average Bonchev–Trinajstić information content (AvgIpc) is 2.46. The summed E-state index contributed by atoms with van der Waals surface area (Å²) in [6.45, 7) is 7.32.